The van der Waals surface area contributed by atoms with Crippen molar-refractivity contribution in [2.45, 2.75) is 68.2 Å². The average Bonchev–Trinajstić information content (AvgIpc) is 3.77. The summed E-state index contributed by atoms with van der Waals surface area (Å²) in [5.74, 6) is 2.30. The van der Waals surface area contributed by atoms with Crippen molar-refractivity contribution in [3.8, 4) is 0 Å². The van der Waals surface area contributed by atoms with Gasteiger partial charge in [0.25, 0.3) is 0 Å². The predicted molar refractivity (Wildman–Crippen MR) is 128 cm³/mol. The summed E-state index contributed by atoms with van der Waals surface area (Å²) in [6.07, 6.45) is 9.06. The monoisotopic (exact) mass is 462 g/mol. The molecule has 34 heavy (non-hydrogen) atoms. The Kier molecular flexibility index (Phi) is 5.47. The number of aromatic nitrogens is 2. The molecule has 4 fully saturated rings. The first-order chi connectivity index (χ1) is 16.6. The van der Waals surface area contributed by atoms with Crippen molar-refractivity contribution in [3.63, 3.8) is 0 Å². The van der Waals surface area contributed by atoms with Crippen LogP contribution in [0.4, 0.5) is 4.79 Å². The molecule has 1 amide bonds. The summed E-state index contributed by atoms with van der Waals surface area (Å²) < 4.78 is 11.3. The molecule has 4 aliphatic rings. The minimum atomic E-state index is -0.273. The summed E-state index contributed by atoms with van der Waals surface area (Å²) in [5.41, 5.74) is 1.54. The van der Waals surface area contributed by atoms with E-state index in [9.17, 15) is 4.79 Å². The SMILES string of the molecule is C=CCOC(=O)N(CC1(c2noc(C3CC4(CCNCC4)C3)n2)CC1)[C@H]1C[C@@H]1c1ccccc1. The summed E-state index contributed by atoms with van der Waals surface area (Å²) >= 11 is 0. The van der Waals surface area contributed by atoms with Gasteiger partial charge in [0, 0.05) is 24.4 Å². The second kappa shape index (κ2) is 8.52. The number of hydrogen-bond donors (Lipinski definition) is 1. The number of carbonyl (C=O) groups excluding carboxylic acids is 1. The van der Waals surface area contributed by atoms with Crippen LogP contribution in [0.1, 0.15) is 74.1 Å². The highest BCUT2D eigenvalue weighted by atomic mass is 16.6. The first kappa shape index (κ1) is 21.8. The third-order valence-corrected chi connectivity index (χ3v) is 8.56. The van der Waals surface area contributed by atoms with Gasteiger partial charge in [0.2, 0.25) is 5.89 Å². The molecule has 0 unspecified atom stereocenters. The average molecular weight is 463 g/mol. The van der Waals surface area contributed by atoms with E-state index in [1.54, 1.807) is 6.08 Å². The molecule has 6 rings (SSSR count). The highest BCUT2D eigenvalue weighted by molar-refractivity contribution is 5.69. The topological polar surface area (TPSA) is 80.5 Å². The molecule has 1 saturated heterocycles. The smallest absolute Gasteiger partial charge is 0.410 e. The van der Waals surface area contributed by atoms with Gasteiger partial charge in [0.05, 0.1) is 5.41 Å². The first-order valence-electron chi connectivity index (χ1n) is 12.8. The van der Waals surface area contributed by atoms with Gasteiger partial charge in [-0.3, -0.25) is 0 Å². The molecule has 2 atom stereocenters. The number of piperidine rings is 1. The number of nitrogens with one attached hydrogen (secondary N) is 1. The minimum Gasteiger partial charge on any atom is -0.445 e. The van der Waals surface area contributed by atoms with Crippen LogP contribution in [0.3, 0.4) is 0 Å². The fourth-order valence-electron chi connectivity index (χ4n) is 6.19. The van der Waals surface area contributed by atoms with E-state index in [0.717, 1.165) is 56.9 Å². The maximum atomic E-state index is 13.0. The Labute approximate surface area is 200 Å². The van der Waals surface area contributed by atoms with Crippen molar-refractivity contribution >= 4 is 6.09 Å². The molecule has 180 valence electrons. The number of nitrogens with zero attached hydrogens (tertiary/aromatic N) is 3. The van der Waals surface area contributed by atoms with E-state index in [-0.39, 0.29) is 24.2 Å². The summed E-state index contributed by atoms with van der Waals surface area (Å²) in [6.45, 7) is 6.72. The zero-order chi connectivity index (χ0) is 23.2. The van der Waals surface area contributed by atoms with Crippen LogP contribution in [0.2, 0.25) is 0 Å². The molecule has 2 heterocycles. The van der Waals surface area contributed by atoms with E-state index >= 15 is 0 Å². The summed E-state index contributed by atoms with van der Waals surface area (Å²) in [7, 11) is 0. The lowest BCUT2D eigenvalue weighted by Gasteiger charge is -2.49. The molecule has 1 aromatic heterocycles. The number of rotatable bonds is 8. The van der Waals surface area contributed by atoms with Crippen molar-refractivity contribution in [1.29, 1.82) is 0 Å². The van der Waals surface area contributed by atoms with E-state index < -0.39 is 0 Å². The molecule has 7 nitrogen and oxygen atoms in total. The van der Waals surface area contributed by atoms with E-state index in [0.29, 0.717) is 23.8 Å². The highest BCUT2D eigenvalue weighted by Gasteiger charge is 2.55. The van der Waals surface area contributed by atoms with E-state index in [1.807, 2.05) is 11.0 Å². The predicted octanol–water partition coefficient (Wildman–Crippen LogP) is 4.53. The zero-order valence-electron chi connectivity index (χ0n) is 19.7. The van der Waals surface area contributed by atoms with Gasteiger partial charge in [0.15, 0.2) is 5.82 Å². The van der Waals surface area contributed by atoms with E-state index in [1.165, 1.54) is 18.4 Å². The van der Waals surface area contributed by atoms with Gasteiger partial charge in [-0.05, 0) is 69.0 Å². The number of amides is 1. The van der Waals surface area contributed by atoms with Crippen LogP contribution < -0.4 is 5.32 Å². The molecule has 1 spiro atoms. The Morgan fingerprint density at radius 3 is 2.68 bits per heavy atom. The molecule has 0 radical (unpaired) electrons. The van der Waals surface area contributed by atoms with Gasteiger partial charge in [-0.2, -0.15) is 4.98 Å². The maximum absolute atomic E-state index is 13.0. The van der Waals surface area contributed by atoms with Gasteiger partial charge in [-0.1, -0.05) is 48.1 Å². The fraction of sp³-hybridized carbons (Fsp3) is 0.593. The normalized spacial score (nSPS) is 26.5. The molecule has 3 aliphatic carbocycles. The van der Waals surface area contributed by atoms with Crippen LogP contribution in [0.5, 0.6) is 0 Å². The van der Waals surface area contributed by atoms with E-state index in [2.05, 4.69) is 41.3 Å². The third kappa shape index (κ3) is 4.04. The molecule has 2 aromatic rings. The van der Waals surface area contributed by atoms with Gasteiger partial charge >= 0.3 is 6.09 Å². The minimum absolute atomic E-state index is 0.148. The van der Waals surface area contributed by atoms with Gasteiger partial charge in [-0.25, -0.2) is 4.79 Å². The Morgan fingerprint density at radius 1 is 1.21 bits per heavy atom. The number of carbonyl (C=O) groups is 1. The van der Waals surface area contributed by atoms with Crippen molar-refractivity contribution < 1.29 is 14.1 Å². The highest BCUT2D eigenvalue weighted by Crippen LogP contribution is 2.56. The second-order valence-electron chi connectivity index (χ2n) is 10.9. The Bertz CT molecular complexity index is 1030. The van der Waals surface area contributed by atoms with Gasteiger partial charge in [0.1, 0.15) is 6.61 Å². The van der Waals surface area contributed by atoms with Crippen molar-refractivity contribution in [2.75, 3.05) is 26.2 Å². The molecular formula is C27H34N4O3. The summed E-state index contributed by atoms with van der Waals surface area (Å²) in [4.78, 5) is 19.8. The van der Waals surface area contributed by atoms with Crippen molar-refractivity contribution in [3.05, 3.63) is 60.3 Å². The molecule has 1 N–H and O–H groups in total. The summed E-state index contributed by atoms with van der Waals surface area (Å²) in [5, 5.41) is 7.89. The largest absolute Gasteiger partial charge is 0.445 e. The maximum Gasteiger partial charge on any atom is 0.410 e. The van der Waals surface area contributed by atoms with Crippen LogP contribution in [-0.2, 0) is 10.2 Å². The van der Waals surface area contributed by atoms with Gasteiger partial charge < -0.3 is 19.5 Å². The van der Waals surface area contributed by atoms with Gasteiger partial charge in [-0.15, -0.1) is 0 Å². The van der Waals surface area contributed by atoms with Crippen molar-refractivity contribution in [1.82, 2.24) is 20.4 Å². The lowest BCUT2D eigenvalue weighted by molar-refractivity contribution is 0.0461. The molecule has 7 heteroatoms. The molecule has 1 aliphatic heterocycles. The quantitative estimate of drug-likeness (QED) is 0.581. The lowest BCUT2D eigenvalue weighted by atomic mass is 9.58. The number of benzene rings is 1. The zero-order valence-corrected chi connectivity index (χ0v) is 19.7. The second-order valence-corrected chi connectivity index (χ2v) is 10.9. The third-order valence-electron chi connectivity index (χ3n) is 8.56. The van der Waals surface area contributed by atoms with Crippen LogP contribution in [-0.4, -0.2) is 53.4 Å². The standard InChI is InChI=1S/C27H34N4O3/c1-2-14-33-25(32)31(22-15-21(22)19-6-4-3-5-7-19)18-27(8-9-27)24-29-23(34-30-24)20-16-26(17-20)10-12-28-13-11-26/h2-7,20-22,28H,1,8-18H2/t21-,22+/m1/s1. The molecule has 3 saturated carbocycles. The first-order valence-corrected chi connectivity index (χ1v) is 12.8. The van der Waals surface area contributed by atoms with Crippen LogP contribution in [0.25, 0.3) is 0 Å². The Morgan fingerprint density at radius 2 is 1.97 bits per heavy atom. The Balaban J connectivity index is 1.15. The fourth-order valence-corrected chi connectivity index (χ4v) is 6.19. The molecule has 0 bridgehead atoms. The molecule has 1 aromatic carbocycles. The van der Waals surface area contributed by atoms with Crippen LogP contribution in [0.15, 0.2) is 47.5 Å². The Hall–Kier alpha value is -2.67. The number of hydrogen-bond acceptors (Lipinski definition) is 6. The van der Waals surface area contributed by atoms with Crippen molar-refractivity contribution in [2.24, 2.45) is 5.41 Å². The number of ether oxygens (including phenoxy) is 1. The lowest BCUT2D eigenvalue weighted by Crippen LogP contribution is -2.44. The van der Waals surface area contributed by atoms with E-state index in [4.69, 9.17) is 14.2 Å². The molecular weight excluding hydrogens is 428 g/mol. The summed E-state index contributed by atoms with van der Waals surface area (Å²) in [6, 6.07) is 10.6. The van der Waals surface area contributed by atoms with Crippen LogP contribution in [0, 0.1) is 5.41 Å². The van der Waals surface area contributed by atoms with Crippen LogP contribution >= 0.6 is 0 Å².